The minimum absolute atomic E-state index is 0.340. The van der Waals surface area contributed by atoms with E-state index in [4.69, 9.17) is 11.4 Å². The second kappa shape index (κ2) is 3.95. The van der Waals surface area contributed by atoms with E-state index in [1.54, 1.807) is 6.07 Å². The number of hydrogen-bond donors (Lipinski definition) is 3. The largest absolute Gasteiger partial charge is 0.322 e. The summed E-state index contributed by atoms with van der Waals surface area (Å²) in [5, 5.41) is 3.29. The fourth-order valence-electron chi connectivity index (χ4n) is 0.985. The summed E-state index contributed by atoms with van der Waals surface area (Å²) >= 11 is 0. The van der Waals surface area contributed by atoms with Crippen molar-refractivity contribution >= 4 is 11.4 Å². The number of nitrogens with two attached hydrogens (primary N) is 1. The Bertz CT molecular complexity index is 307. The van der Waals surface area contributed by atoms with E-state index in [0.29, 0.717) is 17.3 Å². The van der Waals surface area contributed by atoms with Crippen LogP contribution in [0.1, 0.15) is 25.5 Å². The molecule has 0 atom stereocenters. The Morgan fingerprint density at radius 2 is 2.31 bits per heavy atom. The monoisotopic (exact) mass is 179 g/mol. The molecule has 0 aliphatic rings. The third kappa shape index (κ3) is 2.00. The molecule has 5 heteroatoms. The van der Waals surface area contributed by atoms with Crippen molar-refractivity contribution in [2.75, 3.05) is 5.43 Å². The van der Waals surface area contributed by atoms with Gasteiger partial charge in [-0.15, -0.1) is 0 Å². The van der Waals surface area contributed by atoms with E-state index in [0.717, 1.165) is 5.69 Å². The number of nitrogens with zero attached hydrogens (tertiary/aromatic N) is 2. The normalized spacial score (nSPS) is 10.2. The maximum atomic E-state index is 6.86. The molecule has 4 N–H and O–H groups in total. The van der Waals surface area contributed by atoms with Crippen LogP contribution < -0.4 is 11.3 Å². The van der Waals surface area contributed by atoms with Gasteiger partial charge in [-0.3, -0.25) is 10.8 Å². The van der Waals surface area contributed by atoms with Crippen LogP contribution in [0.2, 0.25) is 0 Å². The van der Waals surface area contributed by atoms with Gasteiger partial charge in [0.05, 0.1) is 11.9 Å². The van der Waals surface area contributed by atoms with Crippen molar-refractivity contribution in [2.45, 2.75) is 19.8 Å². The summed E-state index contributed by atoms with van der Waals surface area (Å²) in [6, 6.07) is 1.80. The van der Waals surface area contributed by atoms with Crippen LogP contribution in [0, 0.1) is 5.53 Å². The molecule has 0 saturated heterocycles. The second-order valence-corrected chi connectivity index (χ2v) is 3.04. The molecule has 0 aliphatic heterocycles. The lowest BCUT2D eigenvalue weighted by atomic mass is 10.1. The quantitative estimate of drug-likeness (QED) is 0.377. The van der Waals surface area contributed by atoms with E-state index in [2.05, 4.69) is 15.5 Å². The molecule has 0 radical (unpaired) electrons. The highest BCUT2D eigenvalue weighted by Gasteiger charge is 2.05. The van der Waals surface area contributed by atoms with Gasteiger partial charge in [0, 0.05) is 5.69 Å². The highest BCUT2D eigenvalue weighted by Crippen LogP contribution is 2.25. The van der Waals surface area contributed by atoms with Gasteiger partial charge in [0.15, 0.2) is 0 Å². The van der Waals surface area contributed by atoms with Crippen LogP contribution in [-0.2, 0) is 0 Å². The number of hydrazine groups is 1. The van der Waals surface area contributed by atoms with Gasteiger partial charge in [0.25, 0.3) is 0 Å². The topological polar surface area (TPSA) is 87.1 Å². The third-order valence-corrected chi connectivity index (χ3v) is 1.77. The van der Waals surface area contributed by atoms with Crippen LogP contribution >= 0.6 is 0 Å². The predicted octanol–water partition coefficient (Wildman–Crippen LogP) is 2.15. The molecule has 70 valence electrons. The molecule has 0 spiro atoms. The Labute approximate surface area is 76.8 Å². The molecule has 13 heavy (non-hydrogen) atoms. The van der Waals surface area contributed by atoms with Gasteiger partial charge in [0.2, 0.25) is 0 Å². The van der Waals surface area contributed by atoms with Gasteiger partial charge < -0.3 is 5.43 Å². The summed E-state index contributed by atoms with van der Waals surface area (Å²) in [7, 11) is 0. The number of nitrogens with one attached hydrogen (secondary N) is 2. The first-order valence-corrected chi connectivity index (χ1v) is 4.03. The van der Waals surface area contributed by atoms with Crippen LogP contribution in [-0.4, -0.2) is 4.98 Å². The molecule has 1 aromatic rings. The number of nitrogen functional groups attached to an aromatic ring is 1. The average molecular weight is 179 g/mol. The highest BCUT2D eigenvalue weighted by atomic mass is 15.2. The minimum atomic E-state index is 0.340. The average Bonchev–Trinajstić information content (AvgIpc) is 2.16. The lowest BCUT2D eigenvalue weighted by Crippen LogP contribution is -2.08. The van der Waals surface area contributed by atoms with Crippen LogP contribution in [0.4, 0.5) is 11.4 Å². The molecule has 1 rings (SSSR count). The standard InChI is InChI=1S/C8H13N5/c1-5(2)6-3-7(12-9)8(13-10)4-11-6/h3-5,10H,9H2,1-2H3,(H,11,12). The first-order chi connectivity index (χ1) is 6.19. The fraction of sp³-hybridized carbons (Fsp3) is 0.375. The summed E-state index contributed by atoms with van der Waals surface area (Å²) in [5.41, 5.74) is 11.4. The van der Waals surface area contributed by atoms with Gasteiger partial charge in [-0.2, -0.15) is 5.11 Å². The molecular formula is C8H13N5. The van der Waals surface area contributed by atoms with E-state index in [9.17, 15) is 0 Å². The van der Waals surface area contributed by atoms with Crippen molar-refractivity contribution in [1.29, 1.82) is 5.53 Å². The SMILES string of the molecule is CC(C)c1cc(NN)c(N=N)cn1. The Balaban J connectivity index is 3.12. The molecule has 0 aromatic carbocycles. The zero-order valence-electron chi connectivity index (χ0n) is 7.70. The highest BCUT2D eigenvalue weighted by molar-refractivity contribution is 5.63. The van der Waals surface area contributed by atoms with Crippen molar-refractivity contribution in [1.82, 2.24) is 4.98 Å². The summed E-state index contributed by atoms with van der Waals surface area (Å²) < 4.78 is 0. The van der Waals surface area contributed by atoms with Gasteiger partial charge in [-0.25, -0.2) is 5.53 Å². The van der Waals surface area contributed by atoms with Crippen LogP contribution in [0.5, 0.6) is 0 Å². The number of hydrogen-bond acceptors (Lipinski definition) is 5. The summed E-state index contributed by atoms with van der Waals surface area (Å²) in [5.74, 6) is 5.61. The number of rotatable bonds is 3. The molecule has 0 bridgehead atoms. The molecule has 0 amide bonds. The molecule has 1 aromatic heterocycles. The van der Waals surface area contributed by atoms with Crippen molar-refractivity contribution in [3.05, 3.63) is 18.0 Å². The molecule has 5 nitrogen and oxygen atoms in total. The predicted molar refractivity (Wildman–Crippen MR) is 50.9 cm³/mol. The van der Waals surface area contributed by atoms with Crippen molar-refractivity contribution in [3.63, 3.8) is 0 Å². The molecular weight excluding hydrogens is 166 g/mol. The maximum Gasteiger partial charge on any atom is 0.128 e. The zero-order valence-corrected chi connectivity index (χ0v) is 7.70. The molecule has 0 aliphatic carbocycles. The first-order valence-electron chi connectivity index (χ1n) is 4.03. The van der Waals surface area contributed by atoms with Gasteiger partial charge in [0.1, 0.15) is 5.69 Å². The second-order valence-electron chi connectivity index (χ2n) is 3.04. The Kier molecular flexibility index (Phi) is 2.92. The summed E-state index contributed by atoms with van der Waals surface area (Å²) in [6.45, 7) is 4.08. The van der Waals surface area contributed by atoms with E-state index < -0.39 is 0 Å². The Morgan fingerprint density at radius 3 is 2.77 bits per heavy atom. The number of aromatic nitrogens is 1. The van der Waals surface area contributed by atoms with Crippen LogP contribution in [0.25, 0.3) is 0 Å². The number of anilines is 1. The summed E-state index contributed by atoms with van der Waals surface area (Å²) in [4.78, 5) is 4.15. The number of pyridine rings is 1. The van der Waals surface area contributed by atoms with Crippen molar-refractivity contribution in [3.8, 4) is 0 Å². The van der Waals surface area contributed by atoms with E-state index in [1.807, 2.05) is 13.8 Å². The van der Waals surface area contributed by atoms with Crippen LogP contribution in [0.3, 0.4) is 0 Å². The minimum Gasteiger partial charge on any atom is -0.322 e. The molecule has 0 saturated carbocycles. The Morgan fingerprint density at radius 1 is 1.62 bits per heavy atom. The lowest BCUT2D eigenvalue weighted by molar-refractivity contribution is 0.822. The van der Waals surface area contributed by atoms with E-state index >= 15 is 0 Å². The third-order valence-electron chi connectivity index (χ3n) is 1.77. The van der Waals surface area contributed by atoms with E-state index in [-0.39, 0.29) is 0 Å². The van der Waals surface area contributed by atoms with E-state index in [1.165, 1.54) is 6.20 Å². The molecule has 0 unspecified atom stereocenters. The van der Waals surface area contributed by atoms with Crippen molar-refractivity contribution in [2.24, 2.45) is 11.0 Å². The maximum absolute atomic E-state index is 6.86. The smallest absolute Gasteiger partial charge is 0.128 e. The van der Waals surface area contributed by atoms with Gasteiger partial charge in [-0.1, -0.05) is 13.8 Å². The zero-order chi connectivity index (χ0) is 9.84. The Hall–Kier alpha value is -1.49. The molecule has 0 fully saturated rings. The summed E-state index contributed by atoms with van der Waals surface area (Å²) in [6.07, 6.45) is 1.54. The lowest BCUT2D eigenvalue weighted by Gasteiger charge is -2.08. The van der Waals surface area contributed by atoms with Gasteiger partial charge >= 0.3 is 0 Å². The molecule has 1 heterocycles. The van der Waals surface area contributed by atoms with Crippen LogP contribution in [0.15, 0.2) is 17.4 Å². The first kappa shape index (κ1) is 9.60. The fourth-order valence-corrected chi connectivity index (χ4v) is 0.985. The van der Waals surface area contributed by atoms with Gasteiger partial charge in [-0.05, 0) is 12.0 Å². The van der Waals surface area contributed by atoms with Crippen molar-refractivity contribution < 1.29 is 0 Å².